The molecule has 0 saturated carbocycles. The molecule has 0 spiro atoms. The molecule has 3 nitrogen and oxygen atoms in total. The van der Waals surface area contributed by atoms with E-state index in [-0.39, 0.29) is 17.1 Å². The zero-order valence-corrected chi connectivity index (χ0v) is 17.7. The number of hydrogen-bond acceptors (Lipinski definition) is 3. The Morgan fingerprint density at radius 2 is 1.77 bits per heavy atom. The van der Waals surface area contributed by atoms with Gasteiger partial charge in [0, 0.05) is 6.08 Å². The minimum atomic E-state index is -1.95. The van der Waals surface area contributed by atoms with Crippen LogP contribution >= 0.6 is 0 Å². The number of rotatable bonds is 6. The van der Waals surface area contributed by atoms with Crippen LogP contribution in [0.5, 0.6) is 0 Å². The summed E-state index contributed by atoms with van der Waals surface area (Å²) in [6, 6.07) is 14.8. The maximum Gasteiger partial charge on any atom is 0.330 e. The van der Waals surface area contributed by atoms with Crippen molar-refractivity contribution in [3.05, 3.63) is 60.2 Å². The topological polar surface area (TPSA) is 35.5 Å². The van der Waals surface area contributed by atoms with Crippen LogP contribution < -0.4 is 0 Å². The Kier molecular flexibility index (Phi) is 6.42. The van der Waals surface area contributed by atoms with Gasteiger partial charge < -0.3 is 9.16 Å². The third-order valence-corrected chi connectivity index (χ3v) is 9.68. The largest absolute Gasteiger partial charge is 0.466 e. The lowest BCUT2D eigenvalue weighted by atomic mass is 10.0. The van der Waals surface area contributed by atoms with E-state index in [1.807, 2.05) is 18.2 Å². The molecule has 2 rings (SSSR count). The summed E-state index contributed by atoms with van der Waals surface area (Å²) in [5, 5.41) is 2.53. The Morgan fingerprint density at radius 1 is 1.12 bits per heavy atom. The monoisotopic (exact) mass is 370 g/mol. The molecule has 0 aliphatic carbocycles. The molecule has 0 aliphatic heterocycles. The van der Waals surface area contributed by atoms with Crippen LogP contribution in [0.4, 0.5) is 0 Å². The van der Waals surface area contributed by atoms with Gasteiger partial charge in [0.1, 0.15) is 0 Å². The third kappa shape index (κ3) is 5.05. The van der Waals surface area contributed by atoms with Gasteiger partial charge in [0.05, 0.1) is 13.2 Å². The van der Waals surface area contributed by atoms with Gasteiger partial charge in [0.2, 0.25) is 0 Å². The molecule has 0 bridgehead atoms. The molecule has 0 fully saturated rings. The molecular weight excluding hydrogens is 340 g/mol. The van der Waals surface area contributed by atoms with E-state index >= 15 is 0 Å². The first-order valence-corrected chi connectivity index (χ1v) is 12.0. The van der Waals surface area contributed by atoms with E-state index in [2.05, 4.69) is 64.2 Å². The quantitative estimate of drug-likeness (QED) is 0.354. The van der Waals surface area contributed by atoms with Gasteiger partial charge in [0.25, 0.3) is 0 Å². The summed E-state index contributed by atoms with van der Waals surface area (Å²) in [5.41, 5.74) is 1.14. The highest BCUT2D eigenvalue weighted by Crippen LogP contribution is 2.41. The minimum Gasteiger partial charge on any atom is -0.466 e. The normalized spacial score (nSPS) is 13.9. The van der Waals surface area contributed by atoms with Gasteiger partial charge in [-0.05, 0) is 47.0 Å². The molecule has 26 heavy (non-hydrogen) atoms. The highest BCUT2D eigenvalue weighted by Gasteiger charge is 2.39. The molecule has 0 heterocycles. The van der Waals surface area contributed by atoms with Crippen molar-refractivity contribution in [3.63, 3.8) is 0 Å². The Morgan fingerprint density at radius 3 is 2.38 bits per heavy atom. The summed E-state index contributed by atoms with van der Waals surface area (Å²) in [6.07, 6.45) is 3.88. The molecule has 2 aromatic rings. The Hall–Kier alpha value is -1.91. The maximum absolute atomic E-state index is 11.4. The number of methoxy groups -OCH3 is 1. The van der Waals surface area contributed by atoms with E-state index in [0.29, 0.717) is 6.42 Å². The van der Waals surface area contributed by atoms with Crippen LogP contribution in [0.3, 0.4) is 0 Å². The molecule has 4 heteroatoms. The molecule has 0 amide bonds. The van der Waals surface area contributed by atoms with Crippen molar-refractivity contribution in [2.24, 2.45) is 0 Å². The Balaban J connectivity index is 2.34. The first kappa shape index (κ1) is 20.4. The molecule has 140 valence electrons. The summed E-state index contributed by atoms with van der Waals surface area (Å²) in [7, 11) is -0.565. The van der Waals surface area contributed by atoms with Crippen molar-refractivity contribution >= 4 is 25.1 Å². The van der Waals surface area contributed by atoms with Crippen LogP contribution in [-0.4, -0.2) is 21.4 Å². The van der Waals surface area contributed by atoms with Crippen LogP contribution in [0.25, 0.3) is 10.8 Å². The van der Waals surface area contributed by atoms with Gasteiger partial charge in [0.15, 0.2) is 8.32 Å². The van der Waals surface area contributed by atoms with Gasteiger partial charge in [-0.3, -0.25) is 0 Å². The Bertz CT molecular complexity index is 787. The van der Waals surface area contributed by atoms with Crippen molar-refractivity contribution in [2.45, 2.75) is 51.4 Å². The average Bonchev–Trinajstić information content (AvgIpc) is 2.59. The van der Waals surface area contributed by atoms with E-state index in [0.717, 1.165) is 5.56 Å². The fourth-order valence-electron chi connectivity index (χ4n) is 2.55. The van der Waals surface area contributed by atoms with Crippen LogP contribution in [-0.2, 0) is 14.0 Å². The third-order valence-electron chi connectivity index (χ3n) is 5.19. The summed E-state index contributed by atoms with van der Waals surface area (Å²) in [5.74, 6) is -0.338. The first-order valence-electron chi connectivity index (χ1n) is 9.05. The number of carbonyl (C=O) groups is 1. The van der Waals surface area contributed by atoms with Gasteiger partial charge >= 0.3 is 5.97 Å². The second-order valence-electron chi connectivity index (χ2n) is 8.13. The molecule has 0 aromatic heterocycles. The smallest absolute Gasteiger partial charge is 0.330 e. The van der Waals surface area contributed by atoms with Gasteiger partial charge in [-0.25, -0.2) is 4.79 Å². The van der Waals surface area contributed by atoms with Crippen LogP contribution in [0, 0.1) is 0 Å². The van der Waals surface area contributed by atoms with Crippen molar-refractivity contribution < 1.29 is 14.0 Å². The molecule has 0 radical (unpaired) electrons. The van der Waals surface area contributed by atoms with E-state index in [1.165, 1.54) is 24.0 Å². The second-order valence-corrected chi connectivity index (χ2v) is 12.9. The number of benzene rings is 2. The molecule has 0 unspecified atom stereocenters. The zero-order chi connectivity index (χ0) is 19.4. The Labute approximate surface area is 158 Å². The summed E-state index contributed by atoms with van der Waals surface area (Å²) in [4.78, 5) is 11.4. The average molecular weight is 371 g/mol. The van der Waals surface area contributed by atoms with E-state index in [1.54, 1.807) is 0 Å². The molecule has 0 saturated heterocycles. The summed E-state index contributed by atoms with van der Waals surface area (Å²) < 4.78 is 11.4. The number of hydrogen-bond donors (Lipinski definition) is 0. The fourth-order valence-corrected chi connectivity index (χ4v) is 3.85. The van der Waals surface area contributed by atoms with Crippen LogP contribution in [0.2, 0.25) is 18.1 Å². The fraction of sp³-hybridized carbons (Fsp3) is 0.409. The summed E-state index contributed by atoms with van der Waals surface area (Å²) >= 11 is 0. The molecule has 0 aliphatic rings. The van der Waals surface area contributed by atoms with Crippen molar-refractivity contribution in [2.75, 3.05) is 7.11 Å². The predicted molar refractivity (Wildman–Crippen MR) is 111 cm³/mol. The lowest BCUT2D eigenvalue weighted by Gasteiger charge is -2.39. The molecule has 0 N–H and O–H groups in total. The zero-order valence-electron chi connectivity index (χ0n) is 16.7. The SMILES string of the molecule is COC(=O)/C=C/C[C@@H](O[Si](C)(C)C(C)(C)C)c1ccc2ccccc2c1. The van der Waals surface area contributed by atoms with Crippen LogP contribution in [0.1, 0.15) is 38.9 Å². The molecular formula is C22H30O3Si. The number of carbonyl (C=O) groups excluding carboxylic acids is 1. The molecule has 1 atom stereocenters. The van der Waals surface area contributed by atoms with Gasteiger partial charge in [-0.15, -0.1) is 0 Å². The standard InChI is InChI=1S/C22H30O3Si/c1-22(2,3)26(5,6)25-20(12-9-13-21(23)24-4)19-15-14-17-10-7-8-11-18(17)16-19/h7-11,13-16,20H,12H2,1-6H3/b13-9+/t20-/m1/s1. The van der Waals surface area contributed by atoms with Gasteiger partial charge in [-0.2, -0.15) is 0 Å². The lowest BCUT2D eigenvalue weighted by molar-refractivity contribution is -0.134. The number of ether oxygens (including phenoxy) is 1. The number of esters is 1. The van der Waals surface area contributed by atoms with Crippen molar-refractivity contribution in [1.29, 1.82) is 0 Å². The number of fused-ring (bicyclic) bond motifs is 1. The van der Waals surface area contributed by atoms with E-state index in [9.17, 15) is 4.79 Å². The van der Waals surface area contributed by atoms with Gasteiger partial charge in [-0.1, -0.05) is 63.2 Å². The molecule has 2 aromatic carbocycles. The first-order chi connectivity index (χ1) is 12.1. The predicted octanol–water partition coefficient (Wildman–Crippen LogP) is 6.02. The maximum atomic E-state index is 11.4. The van der Waals surface area contributed by atoms with E-state index < -0.39 is 8.32 Å². The lowest BCUT2D eigenvalue weighted by Crippen LogP contribution is -2.41. The minimum absolute atomic E-state index is 0.0820. The highest BCUT2D eigenvalue weighted by molar-refractivity contribution is 6.74. The summed E-state index contributed by atoms with van der Waals surface area (Å²) in [6.45, 7) is 11.2. The van der Waals surface area contributed by atoms with Crippen molar-refractivity contribution in [1.82, 2.24) is 0 Å². The highest BCUT2D eigenvalue weighted by atomic mass is 28.4. The van der Waals surface area contributed by atoms with E-state index in [4.69, 9.17) is 9.16 Å². The van der Waals surface area contributed by atoms with Crippen molar-refractivity contribution in [3.8, 4) is 0 Å². The van der Waals surface area contributed by atoms with Crippen LogP contribution in [0.15, 0.2) is 54.6 Å². The second kappa shape index (κ2) is 8.19.